The Hall–Kier alpha value is -2.14. The molecule has 0 aliphatic carbocycles. The average Bonchev–Trinajstić information content (AvgIpc) is 2.86. The van der Waals surface area contributed by atoms with Crippen LogP contribution in [0, 0.1) is 0 Å². The second-order valence-electron chi connectivity index (χ2n) is 3.50. The highest BCUT2D eigenvalue weighted by molar-refractivity contribution is 7.12. The summed E-state index contributed by atoms with van der Waals surface area (Å²) in [6.45, 7) is 0. The molecular weight excluding hydrogens is 252 g/mol. The number of carboxylic acid groups (broad SMARTS) is 1. The number of aromatic carboxylic acids is 1. The van der Waals surface area contributed by atoms with Crippen molar-refractivity contribution in [2.75, 3.05) is 7.11 Å². The van der Waals surface area contributed by atoms with Crippen LogP contribution in [0.5, 0.6) is 5.75 Å². The predicted molar refractivity (Wildman–Crippen MR) is 67.7 cm³/mol. The number of benzene rings is 1. The van der Waals surface area contributed by atoms with Gasteiger partial charge in [-0.3, -0.25) is 4.79 Å². The van der Waals surface area contributed by atoms with Crippen molar-refractivity contribution in [3.05, 3.63) is 51.7 Å². The molecule has 0 radical (unpaired) electrons. The van der Waals surface area contributed by atoms with E-state index in [1.165, 1.54) is 30.6 Å². The van der Waals surface area contributed by atoms with E-state index in [-0.39, 0.29) is 16.9 Å². The van der Waals surface area contributed by atoms with Gasteiger partial charge in [0.2, 0.25) is 5.78 Å². The summed E-state index contributed by atoms with van der Waals surface area (Å²) in [6.07, 6.45) is 0. The third-order valence-electron chi connectivity index (χ3n) is 2.46. The van der Waals surface area contributed by atoms with Crippen molar-refractivity contribution < 1.29 is 19.4 Å². The molecule has 0 fully saturated rings. The normalized spacial score (nSPS) is 10.1. The van der Waals surface area contributed by atoms with Gasteiger partial charge < -0.3 is 9.84 Å². The van der Waals surface area contributed by atoms with Gasteiger partial charge in [0.25, 0.3) is 0 Å². The van der Waals surface area contributed by atoms with E-state index < -0.39 is 5.97 Å². The van der Waals surface area contributed by atoms with E-state index in [4.69, 9.17) is 9.84 Å². The molecule has 18 heavy (non-hydrogen) atoms. The highest BCUT2D eigenvalue weighted by atomic mass is 32.1. The molecule has 0 unspecified atom stereocenters. The third kappa shape index (κ3) is 2.12. The standard InChI is InChI=1S/C13H10O4S/c1-17-10-6-7-18-12(10)11(14)8-4-2-3-5-9(8)13(15)16/h2-7H,1H3,(H,15,16). The van der Waals surface area contributed by atoms with Crippen LogP contribution >= 0.6 is 11.3 Å². The molecule has 1 N–H and O–H groups in total. The number of hydrogen-bond acceptors (Lipinski definition) is 4. The van der Waals surface area contributed by atoms with Gasteiger partial charge in [-0.15, -0.1) is 11.3 Å². The van der Waals surface area contributed by atoms with Gasteiger partial charge in [0.1, 0.15) is 10.6 Å². The molecule has 0 spiro atoms. The van der Waals surface area contributed by atoms with Crippen molar-refractivity contribution in [3.63, 3.8) is 0 Å². The molecule has 0 bridgehead atoms. The summed E-state index contributed by atoms with van der Waals surface area (Å²) in [6, 6.07) is 7.83. The highest BCUT2D eigenvalue weighted by Gasteiger charge is 2.21. The van der Waals surface area contributed by atoms with Gasteiger partial charge in [0, 0.05) is 5.56 Å². The lowest BCUT2D eigenvalue weighted by Crippen LogP contribution is -2.09. The van der Waals surface area contributed by atoms with Gasteiger partial charge in [-0.25, -0.2) is 4.79 Å². The smallest absolute Gasteiger partial charge is 0.336 e. The molecule has 2 aromatic rings. The first-order valence-electron chi connectivity index (χ1n) is 5.13. The minimum atomic E-state index is -1.12. The van der Waals surface area contributed by atoms with Crippen LogP contribution in [0.25, 0.3) is 0 Å². The van der Waals surface area contributed by atoms with E-state index in [1.54, 1.807) is 23.6 Å². The van der Waals surface area contributed by atoms with Gasteiger partial charge in [0.15, 0.2) is 0 Å². The van der Waals surface area contributed by atoms with Crippen LogP contribution in [0.4, 0.5) is 0 Å². The summed E-state index contributed by atoms with van der Waals surface area (Å²) in [5.74, 6) is -0.987. The van der Waals surface area contributed by atoms with E-state index in [0.29, 0.717) is 10.6 Å². The lowest BCUT2D eigenvalue weighted by Gasteiger charge is -2.05. The third-order valence-corrected chi connectivity index (χ3v) is 3.35. The van der Waals surface area contributed by atoms with Crippen molar-refractivity contribution >= 4 is 23.1 Å². The number of ether oxygens (including phenoxy) is 1. The molecule has 5 heteroatoms. The predicted octanol–water partition coefficient (Wildman–Crippen LogP) is 2.69. The average molecular weight is 262 g/mol. The molecule has 92 valence electrons. The highest BCUT2D eigenvalue weighted by Crippen LogP contribution is 2.28. The summed E-state index contributed by atoms with van der Waals surface area (Å²) >= 11 is 1.23. The summed E-state index contributed by atoms with van der Waals surface area (Å²) in [7, 11) is 1.47. The van der Waals surface area contributed by atoms with Crippen LogP contribution in [0.3, 0.4) is 0 Å². The Bertz CT molecular complexity index is 601. The maximum Gasteiger partial charge on any atom is 0.336 e. The molecule has 0 atom stereocenters. The van der Waals surface area contributed by atoms with E-state index >= 15 is 0 Å². The van der Waals surface area contributed by atoms with Crippen molar-refractivity contribution in [1.82, 2.24) is 0 Å². The van der Waals surface area contributed by atoms with Crippen molar-refractivity contribution in [3.8, 4) is 5.75 Å². The van der Waals surface area contributed by atoms with Crippen molar-refractivity contribution in [2.24, 2.45) is 0 Å². The number of rotatable bonds is 4. The first-order valence-corrected chi connectivity index (χ1v) is 6.01. The minimum absolute atomic E-state index is 0.00190. The van der Waals surface area contributed by atoms with Gasteiger partial charge in [-0.05, 0) is 17.5 Å². The van der Waals surface area contributed by atoms with Crippen LogP contribution < -0.4 is 4.74 Å². The largest absolute Gasteiger partial charge is 0.495 e. The van der Waals surface area contributed by atoms with Crippen LogP contribution in [0.2, 0.25) is 0 Å². The van der Waals surface area contributed by atoms with Crippen molar-refractivity contribution in [2.45, 2.75) is 0 Å². The van der Waals surface area contributed by atoms with Gasteiger partial charge in [0.05, 0.1) is 12.7 Å². The number of ketones is 1. The first kappa shape index (κ1) is 12.3. The Kier molecular flexibility index (Phi) is 3.43. The molecule has 1 heterocycles. The number of hydrogen-bond donors (Lipinski definition) is 1. The fourth-order valence-corrected chi connectivity index (χ4v) is 2.43. The van der Waals surface area contributed by atoms with Gasteiger partial charge in [-0.1, -0.05) is 18.2 Å². The molecule has 0 saturated carbocycles. The maximum atomic E-state index is 12.3. The first-order chi connectivity index (χ1) is 8.65. The molecule has 0 amide bonds. The van der Waals surface area contributed by atoms with E-state index in [0.717, 1.165) is 0 Å². The molecule has 0 aliphatic rings. The fourth-order valence-electron chi connectivity index (χ4n) is 1.61. The molecule has 4 nitrogen and oxygen atoms in total. The summed E-state index contributed by atoms with van der Waals surface area (Å²) in [5.41, 5.74) is 0.170. The Morgan fingerprint density at radius 3 is 2.44 bits per heavy atom. The number of carbonyl (C=O) groups is 2. The lowest BCUT2D eigenvalue weighted by atomic mass is 10.0. The zero-order chi connectivity index (χ0) is 13.1. The lowest BCUT2D eigenvalue weighted by molar-refractivity contribution is 0.0693. The number of carbonyl (C=O) groups excluding carboxylic acids is 1. The van der Waals surface area contributed by atoms with Gasteiger partial charge in [-0.2, -0.15) is 0 Å². The topological polar surface area (TPSA) is 63.6 Å². The van der Waals surface area contributed by atoms with Crippen LogP contribution in [0.15, 0.2) is 35.7 Å². The van der Waals surface area contributed by atoms with E-state index in [9.17, 15) is 9.59 Å². The maximum absolute atomic E-state index is 12.3. The molecule has 2 rings (SSSR count). The van der Waals surface area contributed by atoms with Crippen molar-refractivity contribution in [1.29, 1.82) is 0 Å². The Morgan fingerprint density at radius 1 is 1.17 bits per heavy atom. The van der Waals surface area contributed by atoms with Crippen LogP contribution in [-0.4, -0.2) is 24.0 Å². The minimum Gasteiger partial charge on any atom is -0.495 e. The second-order valence-corrected chi connectivity index (χ2v) is 4.41. The van der Waals surface area contributed by atoms with Gasteiger partial charge >= 0.3 is 5.97 Å². The molecule has 0 aliphatic heterocycles. The van der Waals surface area contributed by atoms with Crippen LogP contribution in [0.1, 0.15) is 25.6 Å². The fraction of sp³-hybridized carbons (Fsp3) is 0.0769. The Labute approximate surface area is 107 Å². The van der Waals surface area contributed by atoms with E-state index in [1.807, 2.05) is 0 Å². The number of methoxy groups -OCH3 is 1. The summed E-state index contributed by atoms with van der Waals surface area (Å²) in [4.78, 5) is 23.8. The molecular formula is C13H10O4S. The summed E-state index contributed by atoms with van der Waals surface area (Å²) < 4.78 is 5.07. The monoisotopic (exact) mass is 262 g/mol. The summed E-state index contributed by atoms with van der Waals surface area (Å²) in [5, 5.41) is 10.8. The van der Waals surface area contributed by atoms with E-state index in [2.05, 4.69) is 0 Å². The Morgan fingerprint density at radius 2 is 1.83 bits per heavy atom. The second kappa shape index (κ2) is 5.01. The molecule has 1 aromatic carbocycles. The molecule has 1 aromatic heterocycles. The zero-order valence-electron chi connectivity index (χ0n) is 9.54. The zero-order valence-corrected chi connectivity index (χ0v) is 10.4. The number of thiophene rings is 1. The SMILES string of the molecule is COc1ccsc1C(=O)c1ccccc1C(=O)O. The van der Waals surface area contributed by atoms with Crippen LogP contribution in [-0.2, 0) is 0 Å². The molecule has 0 saturated heterocycles. The Balaban J connectivity index is 2.50. The number of carboxylic acids is 1. The quantitative estimate of drug-likeness (QED) is 0.860.